The van der Waals surface area contributed by atoms with Gasteiger partial charge in [-0.05, 0) is 12.1 Å². The van der Waals surface area contributed by atoms with Crippen molar-refractivity contribution < 1.29 is 4.74 Å². The van der Waals surface area contributed by atoms with Crippen LogP contribution in [0, 0.1) is 0 Å². The molecule has 2 N–H and O–H groups in total. The number of fused-ring (bicyclic) bond motifs is 2. The fourth-order valence-corrected chi connectivity index (χ4v) is 6.38. The smallest absolute Gasteiger partial charge is 0.162 e. The summed E-state index contributed by atoms with van der Waals surface area (Å²) in [5.41, 5.74) is 3.04. The average molecular weight is 439 g/mol. The van der Waals surface area contributed by atoms with Crippen molar-refractivity contribution >= 4 is 50.0 Å². The van der Waals surface area contributed by atoms with Gasteiger partial charge in [0.05, 0.1) is 41.2 Å². The number of thiophene rings is 1. The van der Waals surface area contributed by atoms with Gasteiger partial charge in [-0.2, -0.15) is 16.9 Å². The van der Waals surface area contributed by atoms with Gasteiger partial charge in [0.1, 0.15) is 0 Å². The Kier molecular flexibility index (Phi) is 4.83. The number of H-pyrrole nitrogens is 1. The SMILES string of the molecule is c1cc(-c2nc(N3CCOCC3)c3sc(C4CSCCN4)cc3n2)c2cn[nH]c2c1. The van der Waals surface area contributed by atoms with E-state index in [0.29, 0.717) is 6.04 Å². The number of hydrogen-bond acceptors (Lipinski definition) is 8. The highest BCUT2D eigenvalue weighted by Crippen LogP contribution is 2.38. The summed E-state index contributed by atoms with van der Waals surface area (Å²) >= 11 is 3.84. The topological polar surface area (TPSA) is 79.0 Å². The van der Waals surface area contributed by atoms with Gasteiger partial charge in [0.15, 0.2) is 11.6 Å². The molecule has 0 saturated carbocycles. The number of nitrogens with zero attached hydrogens (tertiary/aromatic N) is 4. The maximum atomic E-state index is 5.59. The molecule has 154 valence electrons. The summed E-state index contributed by atoms with van der Waals surface area (Å²) in [7, 11) is 0. The number of aromatic nitrogens is 4. The van der Waals surface area contributed by atoms with E-state index in [1.807, 2.05) is 41.4 Å². The van der Waals surface area contributed by atoms with E-state index in [9.17, 15) is 0 Å². The Balaban J connectivity index is 1.52. The lowest BCUT2D eigenvalue weighted by Crippen LogP contribution is -2.36. The summed E-state index contributed by atoms with van der Waals surface area (Å²) in [6, 6.07) is 8.78. The van der Waals surface area contributed by atoms with Crippen LogP contribution in [0.1, 0.15) is 10.9 Å². The molecule has 1 unspecified atom stereocenters. The number of hydrogen-bond donors (Lipinski definition) is 2. The molecule has 1 aromatic carbocycles. The highest BCUT2D eigenvalue weighted by Gasteiger charge is 2.24. The molecule has 0 bridgehead atoms. The zero-order chi connectivity index (χ0) is 19.9. The van der Waals surface area contributed by atoms with Crippen molar-refractivity contribution in [2.45, 2.75) is 6.04 Å². The third kappa shape index (κ3) is 3.26. The molecule has 9 heteroatoms. The van der Waals surface area contributed by atoms with Crippen LogP contribution >= 0.6 is 23.1 Å². The van der Waals surface area contributed by atoms with E-state index >= 15 is 0 Å². The molecular weight excluding hydrogens is 416 g/mol. The van der Waals surface area contributed by atoms with Gasteiger partial charge in [-0.3, -0.25) is 5.10 Å². The number of morpholine rings is 1. The van der Waals surface area contributed by atoms with Crippen molar-refractivity contribution in [2.75, 3.05) is 49.3 Å². The molecule has 2 aliphatic heterocycles. The van der Waals surface area contributed by atoms with E-state index in [0.717, 1.165) is 72.2 Å². The van der Waals surface area contributed by atoms with Gasteiger partial charge in [-0.15, -0.1) is 11.3 Å². The number of ether oxygens (including phenoxy) is 1. The van der Waals surface area contributed by atoms with Crippen LogP contribution < -0.4 is 10.2 Å². The predicted octanol–water partition coefficient (Wildman–Crippen LogP) is 3.45. The Bertz CT molecular complexity index is 1190. The molecule has 6 rings (SSSR count). The van der Waals surface area contributed by atoms with Crippen LogP contribution in [-0.2, 0) is 4.74 Å². The van der Waals surface area contributed by atoms with Gasteiger partial charge < -0.3 is 15.0 Å². The number of thioether (sulfide) groups is 1. The van der Waals surface area contributed by atoms with Crippen molar-refractivity contribution in [3.63, 3.8) is 0 Å². The van der Waals surface area contributed by atoms with Crippen LogP contribution in [0.2, 0.25) is 0 Å². The van der Waals surface area contributed by atoms with E-state index < -0.39 is 0 Å². The molecule has 4 aromatic rings. The molecule has 0 aliphatic carbocycles. The second-order valence-electron chi connectivity index (χ2n) is 7.55. The number of aromatic amines is 1. The average Bonchev–Trinajstić information content (AvgIpc) is 3.46. The van der Waals surface area contributed by atoms with Crippen LogP contribution in [0.4, 0.5) is 5.82 Å². The van der Waals surface area contributed by atoms with Gasteiger partial charge in [0.2, 0.25) is 0 Å². The first-order chi connectivity index (χ1) is 14.9. The van der Waals surface area contributed by atoms with Crippen molar-refractivity contribution in [2.24, 2.45) is 0 Å². The highest BCUT2D eigenvalue weighted by atomic mass is 32.2. The summed E-state index contributed by atoms with van der Waals surface area (Å²) in [5, 5.41) is 12.0. The van der Waals surface area contributed by atoms with E-state index in [1.54, 1.807) is 0 Å². The fraction of sp³-hybridized carbons (Fsp3) is 0.381. The monoisotopic (exact) mass is 438 g/mol. The molecule has 2 saturated heterocycles. The number of anilines is 1. The Hall–Kier alpha value is -2.20. The fourth-order valence-electron chi connectivity index (χ4n) is 4.13. The lowest BCUT2D eigenvalue weighted by molar-refractivity contribution is 0.122. The maximum Gasteiger partial charge on any atom is 0.162 e. The Morgan fingerprint density at radius 2 is 2.10 bits per heavy atom. The highest BCUT2D eigenvalue weighted by molar-refractivity contribution is 7.99. The predicted molar refractivity (Wildman–Crippen MR) is 124 cm³/mol. The van der Waals surface area contributed by atoms with Crippen molar-refractivity contribution in [3.8, 4) is 11.4 Å². The molecule has 2 fully saturated rings. The standard InChI is InChI=1S/C21H22N6OS2/c1-2-13(14-11-23-26-15(14)3-1)20-24-16-10-18(17-12-29-9-4-22-17)30-19(16)21(25-20)27-5-7-28-8-6-27/h1-3,10-11,17,22H,4-9,12H2,(H,23,26). The van der Waals surface area contributed by atoms with Crippen LogP contribution in [0.3, 0.4) is 0 Å². The first-order valence-electron chi connectivity index (χ1n) is 10.2. The molecule has 0 spiro atoms. The minimum absolute atomic E-state index is 0.390. The van der Waals surface area contributed by atoms with Crippen molar-refractivity contribution in [1.29, 1.82) is 0 Å². The Morgan fingerprint density at radius 3 is 2.97 bits per heavy atom. The van der Waals surface area contributed by atoms with Crippen LogP contribution in [0.25, 0.3) is 32.5 Å². The molecule has 30 heavy (non-hydrogen) atoms. The summed E-state index contributed by atoms with van der Waals surface area (Å²) in [6.07, 6.45) is 1.86. The van der Waals surface area contributed by atoms with Gasteiger partial charge >= 0.3 is 0 Å². The number of rotatable bonds is 3. The summed E-state index contributed by atoms with van der Waals surface area (Å²) in [5.74, 6) is 4.07. The third-order valence-corrected chi connectivity index (χ3v) is 7.97. The molecule has 7 nitrogen and oxygen atoms in total. The van der Waals surface area contributed by atoms with Crippen LogP contribution in [0.15, 0.2) is 30.5 Å². The van der Waals surface area contributed by atoms with Crippen LogP contribution in [0.5, 0.6) is 0 Å². The largest absolute Gasteiger partial charge is 0.378 e. The molecule has 5 heterocycles. The number of benzene rings is 1. The first-order valence-corrected chi connectivity index (χ1v) is 12.2. The molecule has 2 aliphatic rings. The lowest BCUT2D eigenvalue weighted by atomic mass is 10.1. The Labute approximate surface area is 182 Å². The molecular formula is C21H22N6OS2. The quantitative estimate of drug-likeness (QED) is 0.507. The third-order valence-electron chi connectivity index (χ3n) is 5.67. The number of nitrogens with one attached hydrogen (secondary N) is 2. The molecule has 0 amide bonds. The summed E-state index contributed by atoms with van der Waals surface area (Å²) in [6.45, 7) is 4.23. The maximum absolute atomic E-state index is 5.59. The molecule has 3 aromatic heterocycles. The minimum Gasteiger partial charge on any atom is -0.378 e. The van der Waals surface area contributed by atoms with Gasteiger partial charge in [0.25, 0.3) is 0 Å². The van der Waals surface area contributed by atoms with E-state index in [4.69, 9.17) is 14.7 Å². The van der Waals surface area contributed by atoms with Crippen molar-refractivity contribution in [1.82, 2.24) is 25.5 Å². The molecule has 0 radical (unpaired) electrons. The zero-order valence-electron chi connectivity index (χ0n) is 16.4. The van der Waals surface area contributed by atoms with Crippen molar-refractivity contribution in [3.05, 3.63) is 35.3 Å². The van der Waals surface area contributed by atoms with E-state index in [1.165, 1.54) is 15.3 Å². The first kappa shape index (κ1) is 18.6. The normalized spacial score (nSPS) is 20.3. The summed E-state index contributed by atoms with van der Waals surface area (Å²) in [4.78, 5) is 13.8. The van der Waals surface area contributed by atoms with Gasteiger partial charge in [-0.1, -0.05) is 12.1 Å². The van der Waals surface area contributed by atoms with Gasteiger partial charge in [-0.25, -0.2) is 9.97 Å². The van der Waals surface area contributed by atoms with Gasteiger partial charge in [0, 0.05) is 47.0 Å². The van der Waals surface area contributed by atoms with Crippen LogP contribution in [-0.4, -0.2) is 64.5 Å². The second kappa shape index (κ2) is 7.81. The second-order valence-corrected chi connectivity index (χ2v) is 9.79. The molecule has 1 atom stereocenters. The van der Waals surface area contributed by atoms with E-state index in [-0.39, 0.29) is 0 Å². The Morgan fingerprint density at radius 1 is 1.17 bits per heavy atom. The minimum atomic E-state index is 0.390. The van der Waals surface area contributed by atoms with E-state index in [2.05, 4.69) is 32.5 Å². The zero-order valence-corrected chi connectivity index (χ0v) is 18.1. The summed E-state index contributed by atoms with van der Waals surface area (Å²) < 4.78 is 6.76. The lowest BCUT2D eigenvalue weighted by Gasteiger charge is -2.28.